The fourth-order valence-electron chi connectivity index (χ4n) is 2.00. The van der Waals surface area contributed by atoms with E-state index in [1.54, 1.807) is 4.68 Å². The van der Waals surface area contributed by atoms with Gasteiger partial charge in [-0.1, -0.05) is 37.1 Å². The van der Waals surface area contributed by atoms with Crippen molar-refractivity contribution in [3.05, 3.63) is 30.3 Å². The number of hydrogen-bond acceptors (Lipinski definition) is 5. The normalized spacial score (nSPS) is 11.6. The number of nitrogens with one attached hydrogen (secondary N) is 1. The van der Waals surface area contributed by atoms with Crippen molar-refractivity contribution in [1.82, 2.24) is 20.2 Å². The minimum atomic E-state index is 0.0796. The number of aromatic nitrogens is 4. The summed E-state index contributed by atoms with van der Waals surface area (Å²) in [5.74, 6) is 0.633. The molecule has 0 unspecified atom stereocenters. The molecular formula is C14H21N5O. The Morgan fingerprint density at radius 2 is 2.00 bits per heavy atom. The second-order valence-electron chi connectivity index (χ2n) is 5.59. The molecule has 1 aromatic heterocycles. The molecule has 0 aliphatic heterocycles. The Balaban J connectivity index is 2.03. The van der Waals surface area contributed by atoms with Crippen LogP contribution in [0.2, 0.25) is 0 Å². The van der Waals surface area contributed by atoms with Crippen molar-refractivity contribution in [3.8, 4) is 5.69 Å². The van der Waals surface area contributed by atoms with Crippen molar-refractivity contribution in [2.75, 3.05) is 18.5 Å². The van der Waals surface area contributed by atoms with Crippen molar-refractivity contribution in [3.63, 3.8) is 0 Å². The lowest BCUT2D eigenvalue weighted by Gasteiger charge is -2.24. The average Bonchev–Trinajstić information content (AvgIpc) is 2.93. The molecule has 2 rings (SSSR count). The molecule has 20 heavy (non-hydrogen) atoms. The Labute approximate surface area is 118 Å². The molecule has 0 spiro atoms. The monoisotopic (exact) mass is 275 g/mol. The van der Waals surface area contributed by atoms with Crippen LogP contribution in [0.25, 0.3) is 5.69 Å². The van der Waals surface area contributed by atoms with Gasteiger partial charge >= 0.3 is 0 Å². The van der Waals surface area contributed by atoms with E-state index in [1.807, 2.05) is 30.3 Å². The van der Waals surface area contributed by atoms with Gasteiger partial charge in [-0.25, -0.2) is 0 Å². The molecule has 2 aromatic rings. The summed E-state index contributed by atoms with van der Waals surface area (Å²) in [6, 6.07) is 9.77. The van der Waals surface area contributed by atoms with Crippen molar-refractivity contribution < 1.29 is 5.11 Å². The van der Waals surface area contributed by atoms with E-state index in [-0.39, 0.29) is 12.0 Å². The van der Waals surface area contributed by atoms with E-state index in [2.05, 4.69) is 34.7 Å². The zero-order chi connectivity index (χ0) is 14.4. The SMILES string of the molecule is CC(C)(CCCO)CNc1nnnn1-c1ccccc1. The van der Waals surface area contributed by atoms with Gasteiger partial charge in [-0.15, -0.1) is 0 Å². The number of nitrogens with zero attached hydrogens (tertiary/aromatic N) is 4. The van der Waals surface area contributed by atoms with E-state index in [0.29, 0.717) is 5.95 Å². The summed E-state index contributed by atoms with van der Waals surface area (Å²) in [5.41, 5.74) is 1.00. The first kappa shape index (κ1) is 14.5. The fraction of sp³-hybridized carbons (Fsp3) is 0.500. The highest BCUT2D eigenvalue weighted by Crippen LogP contribution is 2.22. The second kappa shape index (κ2) is 6.47. The lowest BCUT2D eigenvalue weighted by molar-refractivity contribution is 0.247. The van der Waals surface area contributed by atoms with Gasteiger partial charge in [0, 0.05) is 13.2 Å². The minimum Gasteiger partial charge on any atom is -0.396 e. The smallest absolute Gasteiger partial charge is 0.247 e. The van der Waals surface area contributed by atoms with Gasteiger partial charge in [-0.05, 0) is 40.8 Å². The predicted molar refractivity (Wildman–Crippen MR) is 77.7 cm³/mol. The summed E-state index contributed by atoms with van der Waals surface area (Å²) in [7, 11) is 0. The van der Waals surface area contributed by atoms with Crippen molar-refractivity contribution in [1.29, 1.82) is 0 Å². The van der Waals surface area contributed by atoms with Crippen LogP contribution in [-0.4, -0.2) is 38.5 Å². The number of anilines is 1. The number of para-hydroxylation sites is 1. The molecule has 0 aliphatic carbocycles. The highest BCUT2D eigenvalue weighted by atomic mass is 16.2. The zero-order valence-corrected chi connectivity index (χ0v) is 12.0. The van der Waals surface area contributed by atoms with E-state index in [1.165, 1.54) is 0 Å². The van der Waals surface area contributed by atoms with Crippen LogP contribution in [0.1, 0.15) is 26.7 Å². The predicted octanol–water partition coefficient (Wildman–Crippen LogP) is 1.87. The van der Waals surface area contributed by atoms with Crippen molar-refractivity contribution in [2.45, 2.75) is 26.7 Å². The summed E-state index contributed by atoms with van der Waals surface area (Å²) >= 11 is 0. The molecule has 0 aliphatic rings. The van der Waals surface area contributed by atoms with E-state index < -0.39 is 0 Å². The molecule has 0 amide bonds. The Hall–Kier alpha value is -1.95. The van der Waals surface area contributed by atoms with Crippen LogP contribution in [0, 0.1) is 5.41 Å². The highest BCUT2D eigenvalue weighted by Gasteiger charge is 2.18. The maximum absolute atomic E-state index is 8.92. The Kier molecular flexibility index (Phi) is 4.68. The maximum Gasteiger partial charge on any atom is 0.247 e. The summed E-state index contributed by atoms with van der Waals surface area (Å²) in [6.07, 6.45) is 1.75. The average molecular weight is 275 g/mol. The molecule has 2 N–H and O–H groups in total. The molecule has 1 aromatic carbocycles. The molecule has 6 heteroatoms. The third kappa shape index (κ3) is 3.77. The Bertz CT molecular complexity index is 523. The largest absolute Gasteiger partial charge is 0.396 e. The zero-order valence-electron chi connectivity index (χ0n) is 12.0. The van der Waals surface area contributed by atoms with Crippen LogP contribution in [0.5, 0.6) is 0 Å². The molecular weight excluding hydrogens is 254 g/mol. The Morgan fingerprint density at radius 1 is 1.25 bits per heavy atom. The number of aliphatic hydroxyl groups is 1. The summed E-state index contributed by atoms with van der Waals surface area (Å²) < 4.78 is 1.68. The number of benzene rings is 1. The highest BCUT2D eigenvalue weighted by molar-refractivity contribution is 5.38. The topological polar surface area (TPSA) is 75.9 Å². The van der Waals surface area contributed by atoms with Crippen LogP contribution in [0.3, 0.4) is 0 Å². The van der Waals surface area contributed by atoms with Gasteiger partial charge in [0.25, 0.3) is 0 Å². The lowest BCUT2D eigenvalue weighted by Crippen LogP contribution is -2.24. The molecule has 0 saturated heterocycles. The molecule has 0 radical (unpaired) electrons. The first-order valence-electron chi connectivity index (χ1n) is 6.81. The summed E-state index contributed by atoms with van der Waals surface area (Å²) in [4.78, 5) is 0. The van der Waals surface area contributed by atoms with E-state index in [9.17, 15) is 0 Å². The third-order valence-corrected chi connectivity index (χ3v) is 3.21. The van der Waals surface area contributed by atoms with Crippen LogP contribution >= 0.6 is 0 Å². The van der Waals surface area contributed by atoms with Gasteiger partial charge in [-0.3, -0.25) is 0 Å². The van der Waals surface area contributed by atoms with Gasteiger partial charge < -0.3 is 10.4 Å². The van der Waals surface area contributed by atoms with Gasteiger partial charge in [0.15, 0.2) is 0 Å². The molecule has 108 valence electrons. The lowest BCUT2D eigenvalue weighted by atomic mass is 9.88. The quantitative estimate of drug-likeness (QED) is 0.807. The number of tetrazole rings is 1. The molecule has 1 heterocycles. The third-order valence-electron chi connectivity index (χ3n) is 3.21. The van der Waals surface area contributed by atoms with E-state index in [0.717, 1.165) is 25.1 Å². The first-order valence-corrected chi connectivity index (χ1v) is 6.81. The summed E-state index contributed by atoms with van der Waals surface area (Å²) in [6.45, 7) is 5.30. The van der Waals surface area contributed by atoms with E-state index >= 15 is 0 Å². The number of hydrogen-bond donors (Lipinski definition) is 2. The van der Waals surface area contributed by atoms with Gasteiger partial charge in [0.2, 0.25) is 5.95 Å². The number of aliphatic hydroxyl groups excluding tert-OH is 1. The van der Waals surface area contributed by atoms with Crippen LogP contribution in [0.15, 0.2) is 30.3 Å². The van der Waals surface area contributed by atoms with Gasteiger partial charge in [-0.2, -0.15) is 4.68 Å². The van der Waals surface area contributed by atoms with E-state index in [4.69, 9.17) is 5.11 Å². The van der Waals surface area contributed by atoms with Gasteiger partial charge in [0.1, 0.15) is 0 Å². The molecule has 0 saturated carbocycles. The Morgan fingerprint density at radius 3 is 2.70 bits per heavy atom. The molecule has 0 atom stereocenters. The van der Waals surface area contributed by atoms with Crippen LogP contribution in [0.4, 0.5) is 5.95 Å². The van der Waals surface area contributed by atoms with Crippen LogP contribution in [-0.2, 0) is 0 Å². The molecule has 0 bridgehead atoms. The van der Waals surface area contributed by atoms with Crippen molar-refractivity contribution >= 4 is 5.95 Å². The minimum absolute atomic E-state index is 0.0796. The number of rotatable bonds is 7. The summed E-state index contributed by atoms with van der Waals surface area (Å²) in [5, 5.41) is 23.9. The standard InChI is InChI=1S/C14H21N5O/c1-14(2,9-6-10-20)11-15-13-16-17-18-19(13)12-7-4-3-5-8-12/h3-5,7-8,20H,6,9-11H2,1-2H3,(H,15,16,18). The van der Waals surface area contributed by atoms with Crippen molar-refractivity contribution in [2.24, 2.45) is 5.41 Å². The molecule has 0 fully saturated rings. The van der Waals surface area contributed by atoms with Crippen LogP contribution < -0.4 is 5.32 Å². The molecule has 6 nitrogen and oxygen atoms in total. The fourth-order valence-corrected chi connectivity index (χ4v) is 2.00. The second-order valence-corrected chi connectivity index (χ2v) is 5.59. The first-order chi connectivity index (χ1) is 9.62. The maximum atomic E-state index is 8.92. The van der Waals surface area contributed by atoms with Gasteiger partial charge in [0.05, 0.1) is 5.69 Å².